The summed E-state index contributed by atoms with van der Waals surface area (Å²) in [6, 6.07) is 5.74. The molecule has 1 atom stereocenters. The Bertz CT molecular complexity index is 427. The van der Waals surface area contributed by atoms with Crippen molar-refractivity contribution >= 4 is 18.3 Å². The van der Waals surface area contributed by atoms with Gasteiger partial charge in [0.05, 0.1) is 6.04 Å². The van der Waals surface area contributed by atoms with Crippen molar-refractivity contribution in [2.75, 3.05) is 27.2 Å². The van der Waals surface area contributed by atoms with Crippen molar-refractivity contribution in [2.24, 2.45) is 5.73 Å². The Morgan fingerprint density at radius 3 is 2.50 bits per heavy atom. The number of hydrogen-bond donors (Lipinski definition) is 1. The lowest BCUT2D eigenvalue weighted by Gasteiger charge is -2.26. The summed E-state index contributed by atoms with van der Waals surface area (Å²) in [7, 11) is 3.88. The molecule has 0 aliphatic carbocycles. The molecule has 0 saturated heterocycles. The second-order valence-corrected chi connectivity index (χ2v) is 4.98. The third-order valence-electron chi connectivity index (χ3n) is 2.78. The average Bonchev–Trinajstić information content (AvgIpc) is 2.33. The zero-order valence-corrected chi connectivity index (χ0v) is 13.0. The number of amides is 1. The fourth-order valence-corrected chi connectivity index (χ4v) is 1.73. The van der Waals surface area contributed by atoms with Crippen LogP contribution in [-0.2, 0) is 11.3 Å². The lowest BCUT2D eigenvalue weighted by molar-refractivity contribution is -0.133. The van der Waals surface area contributed by atoms with Crippen LogP contribution in [0.3, 0.4) is 0 Å². The first-order valence-electron chi connectivity index (χ1n) is 6.33. The smallest absolute Gasteiger partial charge is 0.239 e. The summed E-state index contributed by atoms with van der Waals surface area (Å²) in [5.41, 5.74) is 6.42. The van der Waals surface area contributed by atoms with E-state index in [1.165, 1.54) is 12.1 Å². The van der Waals surface area contributed by atoms with Crippen LogP contribution in [0.2, 0.25) is 0 Å². The molecule has 114 valence electrons. The quantitative estimate of drug-likeness (QED) is 0.866. The lowest BCUT2D eigenvalue weighted by Crippen LogP contribution is -2.44. The predicted octanol–water partition coefficient (Wildman–Crippen LogP) is 1.48. The molecule has 2 N–H and O–H groups in total. The van der Waals surface area contributed by atoms with Gasteiger partial charge in [-0.2, -0.15) is 0 Å². The highest BCUT2D eigenvalue weighted by Crippen LogP contribution is 2.08. The molecule has 0 aliphatic rings. The van der Waals surface area contributed by atoms with Gasteiger partial charge < -0.3 is 15.5 Å². The van der Waals surface area contributed by atoms with Crippen LogP contribution in [0, 0.1) is 5.82 Å². The number of nitrogens with two attached hydrogens (primary N) is 1. The summed E-state index contributed by atoms with van der Waals surface area (Å²) >= 11 is 0. The Labute approximate surface area is 126 Å². The van der Waals surface area contributed by atoms with Crippen molar-refractivity contribution in [2.45, 2.75) is 19.5 Å². The Morgan fingerprint density at radius 2 is 2.00 bits per heavy atom. The van der Waals surface area contributed by atoms with E-state index in [4.69, 9.17) is 5.73 Å². The molecule has 0 aromatic heterocycles. The number of hydrogen-bond acceptors (Lipinski definition) is 3. The van der Waals surface area contributed by atoms with Gasteiger partial charge in [0, 0.05) is 19.6 Å². The van der Waals surface area contributed by atoms with E-state index in [0.717, 1.165) is 12.1 Å². The Hall–Kier alpha value is -1.17. The first kappa shape index (κ1) is 18.8. The van der Waals surface area contributed by atoms with Gasteiger partial charge in [0.2, 0.25) is 5.91 Å². The molecule has 0 fully saturated rings. The maximum absolute atomic E-state index is 13.2. The number of carbonyl (C=O) groups is 1. The normalized spacial score (nSPS) is 11.9. The van der Waals surface area contributed by atoms with Gasteiger partial charge in [0.1, 0.15) is 5.82 Å². The number of carbonyl (C=O) groups excluding carboxylic acids is 1. The molecule has 0 spiro atoms. The third-order valence-corrected chi connectivity index (χ3v) is 2.78. The molecule has 0 aliphatic heterocycles. The summed E-state index contributed by atoms with van der Waals surface area (Å²) in [6.07, 6.45) is 0. The van der Waals surface area contributed by atoms with Crippen LogP contribution in [0.5, 0.6) is 0 Å². The zero-order valence-electron chi connectivity index (χ0n) is 12.2. The summed E-state index contributed by atoms with van der Waals surface area (Å²) in [4.78, 5) is 15.7. The maximum Gasteiger partial charge on any atom is 0.239 e. The number of likely N-dealkylation sites (N-methyl/N-ethyl adjacent to an activating group) is 1. The summed E-state index contributed by atoms with van der Waals surface area (Å²) < 4.78 is 13.2. The number of benzene rings is 1. The minimum absolute atomic E-state index is 0. The van der Waals surface area contributed by atoms with Crippen LogP contribution in [0.4, 0.5) is 4.39 Å². The van der Waals surface area contributed by atoms with Gasteiger partial charge in [-0.05, 0) is 38.7 Å². The van der Waals surface area contributed by atoms with Crippen LogP contribution in [0.25, 0.3) is 0 Å². The predicted molar refractivity (Wildman–Crippen MR) is 81.3 cm³/mol. The average molecular weight is 304 g/mol. The molecular weight excluding hydrogens is 281 g/mol. The van der Waals surface area contributed by atoms with Crippen LogP contribution < -0.4 is 5.73 Å². The van der Waals surface area contributed by atoms with E-state index in [2.05, 4.69) is 0 Å². The van der Waals surface area contributed by atoms with E-state index >= 15 is 0 Å². The van der Waals surface area contributed by atoms with Crippen LogP contribution in [0.1, 0.15) is 12.5 Å². The van der Waals surface area contributed by atoms with Crippen molar-refractivity contribution in [3.63, 3.8) is 0 Å². The first-order chi connectivity index (χ1) is 8.90. The zero-order chi connectivity index (χ0) is 14.4. The molecule has 1 aromatic carbocycles. The monoisotopic (exact) mass is 303 g/mol. The van der Waals surface area contributed by atoms with Gasteiger partial charge in [-0.25, -0.2) is 4.39 Å². The van der Waals surface area contributed by atoms with E-state index in [0.29, 0.717) is 13.1 Å². The number of rotatable bonds is 6. The fourth-order valence-electron chi connectivity index (χ4n) is 1.73. The molecule has 1 unspecified atom stereocenters. The first-order valence-corrected chi connectivity index (χ1v) is 6.33. The van der Waals surface area contributed by atoms with E-state index in [1.807, 2.05) is 19.0 Å². The van der Waals surface area contributed by atoms with E-state index in [9.17, 15) is 9.18 Å². The summed E-state index contributed by atoms with van der Waals surface area (Å²) in [5, 5.41) is 0. The van der Waals surface area contributed by atoms with Crippen molar-refractivity contribution in [1.29, 1.82) is 0 Å². The molecule has 6 heteroatoms. The highest BCUT2D eigenvalue weighted by Gasteiger charge is 2.17. The van der Waals surface area contributed by atoms with Crippen molar-refractivity contribution in [3.8, 4) is 0 Å². The number of halogens is 2. The highest BCUT2D eigenvalue weighted by molar-refractivity contribution is 5.85. The van der Waals surface area contributed by atoms with Crippen molar-refractivity contribution in [3.05, 3.63) is 35.6 Å². The Kier molecular flexibility index (Phi) is 8.37. The van der Waals surface area contributed by atoms with Crippen molar-refractivity contribution < 1.29 is 9.18 Å². The van der Waals surface area contributed by atoms with Crippen LogP contribution >= 0.6 is 12.4 Å². The topological polar surface area (TPSA) is 49.6 Å². The van der Waals surface area contributed by atoms with E-state index < -0.39 is 6.04 Å². The molecule has 0 saturated carbocycles. The molecule has 0 bridgehead atoms. The Morgan fingerprint density at radius 1 is 1.35 bits per heavy atom. The molecule has 1 amide bonds. The standard InChI is InChI=1S/C14H22FN3O.ClH/c1-11(16)14(19)18(8-7-17(2)3)10-12-5-4-6-13(15)9-12;/h4-6,9,11H,7-8,10,16H2,1-3H3;1H. The molecule has 0 radical (unpaired) electrons. The minimum atomic E-state index is -0.546. The molecule has 20 heavy (non-hydrogen) atoms. The van der Waals surface area contributed by atoms with Gasteiger partial charge in [0.15, 0.2) is 0 Å². The lowest BCUT2D eigenvalue weighted by atomic mass is 10.2. The van der Waals surface area contributed by atoms with E-state index in [1.54, 1.807) is 24.0 Å². The van der Waals surface area contributed by atoms with Gasteiger partial charge in [-0.1, -0.05) is 12.1 Å². The minimum Gasteiger partial charge on any atom is -0.336 e. The molecule has 1 rings (SSSR count). The fraction of sp³-hybridized carbons (Fsp3) is 0.500. The van der Waals surface area contributed by atoms with Gasteiger partial charge in [-0.3, -0.25) is 4.79 Å². The third kappa shape index (κ3) is 6.32. The second-order valence-electron chi connectivity index (χ2n) is 4.98. The van der Waals surface area contributed by atoms with Gasteiger partial charge >= 0.3 is 0 Å². The van der Waals surface area contributed by atoms with Crippen molar-refractivity contribution in [1.82, 2.24) is 9.80 Å². The summed E-state index contributed by atoms with van der Waals surface area (Å²) in [6.45, 7) is 3.36. The number of nitrogens with zero attached hydrogens (tertiary/aromatic N) is 2. The van der Waals surface area contributed by atoms with Gasteiger partial charge in [-0.15, -0.1) is 12.4 Å². The summed E-state index contributed by atoms with van der Waals surface area (Å²) in [5.74, 6) is -0.413. The largest absolute Gasteiger partial charge is 0.336 e. The molecule has 0 heterocycles. The Balaban J connectivity index is 0.00000361. The second kappa shape index (κ2) is 8.89. The van der Waals surface area contributed by atoms with Crippen LogP contribution in [-0.4, -0.2) is 48.9 Å². The van der Waals surface area contributed by atoms with E-state index in [-0.39, 0.29) is 24.1 Å². The van der Waals surface area contributed by atoms with Crippen LogP contribution in [0.15, 0.2) is 24.3 Å². The SMILES string of the molecule is CC(N)C(=O)N(CCN(C)C)Cc1cccc(F)c1.Cl. The molecule has 1 aromatic rings. The maximum atomic E-state index is 13.2. The molecule has 4 nitrogen and oxygen atoms in total. The molecular formula is C14H23ClFN3O. The van der Waals surface area contributed by atoms with Gasteiger partial charge in [0.25, 0.3) is 0 Å². The highest BCUT2D eigenvalue weighted by atomic mass is 35.5.